The summed E-state index contributed by atoms with van der Waals surface area (Å²) in [5.41, 5.74) is 5.48. The van der Waals surface area contributed by atoms with E-state index in [1.165, 1.54) is 57.8 Å². The minimum Gasteiger partial charge on any atom is -0.336 e. The van der Waals surface area contributed by atoms with E-state index in [9.17, 15) is 10.1 Å². The number of nitriles is 1. The van der Waals surface area contributed by atoms with Gasteiger partial charge >= 0.3 is 0 Å². The van der Waals surface area contributed by atoms with Crippen molar-refractivity contribution < 1.29 is 4.79 Å². The molecule has 3 unspecified atom stereocenters. The first kappa shape index (κ1) is 20.6. The molecule has 3 atom stereocenters. The summed E-state index contributed by atoms with van der Waals surface area (Å²) < 4.78 is 0. The highest BCUT2D eigenvalue weighted by atomic mass is 16.2. The van der Waals surface area contributed by atoms with E-state index in [-0.39, 0.29) is 5.91 Å². The molecule has 0 aromatic heterocycles. The molecule has 0 bridgehead atoms. The number of hydrogen-bond donors (Lipinski definition) is 2. The Labute approximate surface area is 165 Å². The van der Waals surface area contributed by atoms with Gasteiger partial charge in [0, 0.05) is 19.1 Å². The minimum absolute atomic E-state index is 0.123. The van der Waals surface area contributed by atoms with Crippen molar-refractivity contribution in [1.29, 1.82) is 5.26 Å². The third kappa shape index (κ3) is 5.45. The Balaban J connectivity index is 1.49. The molecule has 0 aromatic carbocycles. The van der Waals surface area contributed by atoms with E-state index in [0.29, 0.717) is 12.0 Å². The van der Waals surface area contributed by atoms with Gasteiger partial charge in [-0.2, -0.15) is 5.26 Å². The maximum atomic E-state index is 12.7. The van der Waals surface area contributed by atoms with Gasteiger partial charge in [-0.15, -0.1) is 0 Å². The summed E-state index contributed by atoms with van der Waals surface area (Å²) in [6.45, 7) is 4.16. The van der Waals surface area contributed by atoms with Gasteiger partial charge in [0.2, 0.25) is 5.91 Å². The molecule has 152 valence electrons. The summed E-state index contributed by atoms with van der Waals surface area (Å²) in [6.07, 6.45) is 13.6. The molecule has 3 fully saturated rings. The topological polar surface area (TPSA) is 82.2 Å². The molecule has 5 heteroatoms. The average molecular weight is 375 g/mol. The van der Waals surface area contributed by atoms with Gasteiger partial charge in [-0.25, -0.2) is 0 Å². The van der Waals surface area contributed by atoms with Crippen LogP contribution in [-0.4, -0.2) is 41.5 Å². The standard InChI is InChI=1S/C22H38N4O/c1-17-6-5-9-19(14-17)26-12-10-22(16-23,11-13-26)25-21(27)20(24)15-18-7-3-2-4-8-18/h17-20H,2-15,24H2,1H3,(H,25,27). The lowest BCUT2D eigenvalue weighted by atomic mass is 9.82. The Morgan fingerprint density at radius 3 is 2.52 bits per heavy atom. The summed E-state index contributed by atoms with van der Waals surface area (Å²) >= 11 is 0. The van der Waals surface area contributed by atoms with Crippen LogP contribution >= 0.6 is 0 Å². The summed E-state index contributed by atoms with van der Waals surface area (Å²) in [5.74, 6) is 1.26. The van der Waals surface area contributed by atoms with Crippen LogP contribution in [0.1, 0.15) is 84.0 Å². The van der Waals surface area contributed by atoms with E-state index < -0.39 is 11.6 Å². The fourth-order valence-corrected chi connectivity index (χ4v) is 5.49. The number of rotatable bonds is 5. The molecule has 3 aliphatic rings. The van der Waals surface area contributed by atoms with E-state index in [2.05, 4.69) is 23.2 Å². The number of piperidine rings is 1. The fourth-order valence-electron chi connectivity index (χ4n) is 5.49. The average Bonchev–Trinajstić information content (AvgIpc) is 2.69. The zero-order valence-electron chi connectivity index (χ0n) is 17.1. The molecule has 0 spiro atoms. The Kier molecular flexibility index (Phi) is 7.16. The van der Waals surface area contributed by atoms with Crippen LogP contribution in [0.25, 0.3) is 0 Å². The molecule has 3 rings (SSSR count). The van der Waals surface area contributed by atoms with E-state index in [1.54, 1.807) is 0 Å². The van der Waals surface area contributed by atoms with Gasteiger partial charge in [0.15, 0.2) is 0 Å². The largest absolute Gasteiger partial charge is 0.336 e. The maximum absolute atomic E-state index is 12.7. The molecular formula is C22H38N4O. The fraction of sp³-hybridized carbons (Fsp3) is 0.909. The molecule has 3 N–H and O–H groups in total. The van der Waals surface area contributed by atoms with Gasteiger partial charge in [-0.3, -0.25) is 4.79 Å². The molecular weight excluding hydrogens is 336 g/mol. The zero-order valence-corrected chi connectivity index (χ0v) is 17.1. The van der Waals surface area contributed by atoms with Crippen LogP contribution in [0.5, 0.6) is 0 Å². The zero-order chi connectivity index (χ0) is 19.3. The normalized spacial score (nSPS) is 31.0. The van der Waals surface area contributed by atoms with Crippen LogP contribution in [0.3, 0.4) is 0 Å². The van der Waals surface area contributed by atoms with Gasteiger partial charge in [0.1, 0.15) is 5.54 Å². The van der Waals surface area contributed by atoms with Crippen LogP contribution in [0.2, 0.25) is 0 Å². The van der Waals surface area contributed by atoms with E-state index >= 15 is 0 Å². The van der Waals surface area contributed by atoms with Crippen molar-refractivity contribution in [2.45, 2.75) is 102 Å². The van der Waals surface area contributed by atoms with E-state index in [1.807, 2.05) is 0 Å². The molecule has 27 heavy (non-hydrogen) atoms. The second-order valence-corrected chi connectivity index (χ2v) is 9.49. The van der Waals surface area contributed by atoms with E-state index in [0.717, 1.165) is 38.3 Å². The lowest BCUT2D eigenvalue weighted by Gasteiger charge is -2.43. The Bertz CT molecular complexity index is 529. The van der Waals surface area contributed by atoms with Crippen LogP contribution in [-0.2, 0) is 4.79 Å². The number of hydrogen-bond acceptors (Lipinski definition) is 4. The van der Waals surface area contributed by atoms with Gasteiger partial charge in [0.05, 0.1) is 12.1 Å². The van der Waals surface area contributed by atoms with Crippen LogP contribution in [0.4, 0.5) is 0 Å². The molecule has 1 aliphatic heterocycles. The number of carbonyl (C=O) groups is 1. The Morgan fingerprint density at radius 1 is 1.19 bits per heavy atom. The third-order valence-corrected chi connectivity index (χ3v) is 7.30. The first-order chi connectivity index (χ1) is 13.0. The van der Waals surface area contributed by atoms with Crippen molar-refractivity contribution in [3.05, 3.63) is 0 Å². The Morgan fingerprint density at radius 2 is 1.89 bits per heavy atom. The van der Waals surface area contributed by atoms with Crippen LogP contribution in [0.15, 0.2) is 0 Å². The highest BCUT2D eigenvalue weighted by molar-refractivity contribution is 5.82. The van der Waals surface area contributed by atoms with Crippen molar-refractivity contribution in [1.82, 2.24) is 10.2 Å². The lowest BCUT2D eigenvalue weighted by molar-refractivity contribution is -0.124. The number of nitrogens with two attached hydrogens (primary N) is 1. The van der Waals surface area contributed by atoms with Crippen molar-refractivity contribution in [2.75, 3.05) is 13.1 Å². The number of amides is 1. The quantitative estimate of drug-likeness (QED) is 0.773. The molecule has 2 saturated carbocycles. The molecule has 5 nitrogen and oxygen atoms in total. The van der Waals surface area contributed by atoms with Gasteiger partial charge in [-0.05, 0) is 43.9 Å². The van der Waals surface area contributed by atoms with Gasteiger partial charge in [0.25, 0.3) is 0 Å². The third-order valence-electron chi connectivity index (χ3n) is 7.30. The number of nitrogens with zero attached hydrogens (tertiary/aromatic N) is 2. The van der Waals surface area contributed by atoms with Crippen molar-refractivity contribution in [2.24, 2.45) is 17.6 Å². The predicted octanol–water partition coefficient (Wildman–Crippen LogP) is 3.34. The number of carbonyl (C=O) groups excluding carboxylic acids is 1. The number of likely N-dealkylation sites (tertiary alicyclic amines) is 1. The summed E-state index contributed by atoms with van der Waals surface area (Å²) in [7, 11) is 0. The maximum Gasteiger partial charge on any atom is 0.238 e. The SMILES string of the molecule is CC1CCCC(N2CCC(C#N)(NC(=O)C(N)CC3CCCCC3)CC2)C1. The van der Waals surface area contributed by atoms with Crippen molar-refractivity contribution in [3.63, 3.8) is 0 Å². The summed E-state index contributed by atoms with van der Waals surface area (Å²) in [4.78, 5) is 15.2. The summed E-state index contributed by atoms with van der Waals surface area (Å²) in [6, 6.07) is 2.61. The number of nitrogens with one attached hydrogen (secondary N) is 1. The van der Waals surface area contributed by atoms with E-state index in [4.69, 9.17) is 5.73 Å². The van der Waals surface area contributed by atoms with Crippen LogP contribution in [0, 0.1) is 23.2 Å². The minimum atomic E-state index is -0.724. The summed E-state index contributed by atoms with van der Waals surface area (Å²) in [5, 5.41) is 12.9. The molecule has 0 aromatic rings. The van der Waals surface area contributed by atoms with Crippen LogP contribution < -0.4 is 11.1 Å². The lowest BCUT2D eigenvalue weighted by Crippen LogP contribution is -2.59. The van der Waals surface area contributed by atoms with Crippen molar-refractivity contribution in [3.8, 4) is 6.07 Å². The predicted molar refractivity (Wildman–Crippen MR) is 108 cm³/mol. The first-order valence-corrected chi connectivity index (χ1v) is 11.2. The highest BCUT2D eigenvalue weighted by Gasteiger charge is 2.39. The highest BCUT2D eigenvalue weighted by Crippen LogP contribution is 2.32. The molecule has 1 saturated heterocycles. The molecule has 0 radical (unpaired) electrons. The molecule has 1 amide bonds. The van der Waals surface area contributed by atoms with Gasteiger partial charge in [-0.1, -0.05) is 51.9 Å². The molecule has 1 heterocycles. The second kappa shape index (κ2) is 9.39. The van der Waals surface area contributed by atoms with Gasteiger partial charge < -0.3 is 16.0 Å². The Hall–Kier alpha value is -1.12. The van der Waals surface area contributed by atoms with Crippen molar-refractivity contribution >= 4 is 5.91 Å². The second-order valence-electron chi connectivity index (χ2n) is 9.49. The monoisotopic (exact) mass is 374 g/mol. The molecule has 2 aliphatic carbocycles. The smallest absolute Gasteiger partial charge is 0.238 e. The first-order valence-electron chi connectivity index (χ1n) is 11.2.